The molecule has 0 spiro atoms. The number of aliphatic carboxylic acids is 1. The van der Waals surface area contributed by atoms with Crippen molar-refractivity contribution in [2.24, 2.45) is 5.92 Å². The van der Waals surface area contributed by atoms with Gasteiger partial charge in [-0.1, -0.05) is 49.4 Å². The van der Waals surface area contributed by atoms with Gasteiger partial charge in [0.15, 0.2) is 0 Å². The zero-order valence-corrected chi connectivity index (χ0v) is 14.2. The van der Waals surface area contributed by atoms with Crippen molar-refractivity contribution in [2.45, 2.75) is 13.0 Å². The van der Waals surface area contributed by atoms with E-state index in [0.29, 0.717) is 12.3 Å². The summed E-state index contributed by atoms with van der Waals surface area (Å²) in [6, 6.07) is 13.0. The van der Waals surface area contributed by atoms with E-state index in [4.69, 9.17) is 0 Å². The first-order valence-corrected chi connectivity index (χ1v) is 8.49. The summed E-state index contributed by atoms with van der Waals surface area (Å²) in [5, 5.41) is 11.7. The van der Waals surface area contributed by atoms with Crippen molar-refractivity contribution in [3.63, 3.8) is 0 Å². The van der Waals surface area contributed by atoms with Gasteiger partial charge in [0.2, 0.25) is 5.91 Å². The Hall–Kier alpha value is -2.27. The summed E-state index contributed by atoms with van der Waals surface area (Å²) in [5.74, 6) is -1.10. The summed E-state index contributed by atoms with van der Waals surface area (Å²) in [5.41, 5.74) is 1.85. The molecule has 0 fully saturated rings. The molecule has 0 saturated heterocycles. The van der Waals surface area contributed by atoms with Crippen LogP contribution in [0.15, 0.2) is 48.5 Å². The lowest BCUT2D eigenvalue weighted by molar-refractivity contribution is -0.148. The molecule has 2 atom stereocenters. The van der Waals surface area contributed by atoms with Crippen LogP contribution in [-0.4, -0.2) is 40.2 Å². The Morgan fingerprint density at radius 1 is 1.25 bits per heavy atom. The Morgan fingerprint density at radius 3 is 2.67 bits per heavy atom. The average Bonchev–Trinajstić information content (AvgIpc) is 3.05. The maximum Gasteiger partial charge on any atom is 0.330 e. The molecular formula is C19H19NO3S. The molecule has 1 aliphatic heterocycles. The first-order chi connectivity index (χ1) is 11.5. The Bertz CT molecular complexity index is 825. The van der Waals surface area contributed by atoms with E-state index < -0.39 is 12.0 Å². The Labute approximate surface area is 146 Å². The lowest BCUT2D eigenvalue weighted by Gasteiger charge is -2.24. The molecule has 2 unspecified atom stereocenters. The highest BCUT2D eigenvalue weighted by atomic mass is 32.1. The number of carbonyl (C=O) groups excluding carboxylic acids is 1. The molecule has 4 nitrogen and oxygen atoms in total. The van der Waals surface area contributed by atoms with Crippen LogP contribution in [0, 0.1) is 5.92 Å². The molecule has 0 saturated carbocycles. The Morgan fingerprint density at radius 2 is 1.96 bits per heavy atom. The minimum absolute atomic E-state index is 0.177. The van der Waals surface area contributed by atoms with Crippen LogP contribution in [-0.2, 0) is 9.59 Å². The highest BCUT2D eigenvalue weighted by Gasteiger charge is 2.36. The van der Waals surface area contributed by atoms with Crippen molar-refractivity contribution in [2.75, 3.05) is 12.3 Å². The Balaban J connectivity index is 2.01. The van der Waals surface area contributed by atoms with Gasteiger partial charge in [-0.25, -0.2) is 4.79 Å². The lowest BCUT2D eigenvalue weighted by Crippen LogP contribution is -2.43. The Kier molecular flexibility index (Phi) is 4.62. The van der Waals surface area contributed by atoms with Crippen LogP contribution in [0.25, 0.3) is 16.3 Å². The number of carboxylic acids is 1. The van der Waals surface area contributed by atoms with Gasteiger partial charge in [-0.3, -0.25) is 4.79 Å². The van der Waals surface area contributed by atoms with Crippen molar-refractivity contribution in [1.82, 2.24) is 4.90 Å². The molecule has 1 N–H and O–H groups in total. The van der Waals surface area contributed by atoms with Gasteiger partial charge in [0.25, 0.3) is 0 Å². The van der Waals surface area contributed by atoms with E-state index in [1.165, 1.54) is 4.90 Å². The maximum absolute atomic E-state index is 12.5. The number of hydrogen-bond acceptors (Lipinski definition) is 3. The van der Waals surface area contributed by atoms with E-state index in [1.54, 1.807) is 13.0 Å². The van der Waals surface area contributed by atoms with E-state index in [0.717, 1.165) is 21.9 Å². The fourth-order valence-corrected chi connectivity index (χ4v) is 3.23. The van der Waals surface area contributed by atoms with Crippen LogP contribution in [0.4, 0.5) is 0 Å². The lowest BCUT2D eigenvalue weighted by atomic mass is 9.98. The predicted octanol–water partition coefficient (Wildman–Crippen LogP) is 3.08. The van der Waals surface area contributed by atoms with Crippen LogP contribution in [0.1, 0.15) is 12.5 Å². The number of hydrogen-bond donors (Lipinski definition) is 2. The zero-order valence-electron chi connectivity index (χ0n) is 13.3. The van der Waals surface area contributed by atoms with E-state index in [1.807, 2.05) is 42.5 Å². The second kappa shape index (κ2) is 6.69. The minimum Gasteiger partial charge on any atom is -0.479 e. The van der Waals surface area contributed by atoms with E-state index in [-0.39, 0.29) is 11.8 Å². The van der Waals surface area contributed by atoms with Crippen molar-refractivity contribution in [3.8, 4) is 0 Å². The third-order valence-electron chi connectivity index (χ3n) is 4.40. The molecule has 0 radical (unpaired) electrons. The molecule has 1 aliphatic rings. The smallest absolute Gasteiger partial charge is 0.330 e. The van der Waals surface area contributed by atoms with E-state index >= 15 is 0 Å². The van der Waals surface area contributed by atoms with Crippen molar-refractivity contribution in [3.05, 3.63) is 54.1 Å². The molecule has 124 valence electrons. The number of benzene rings is 2. The molecule has 0 aliphatic carbocycles. The normalized spacial score (nSPS) is 18.5. The number of nitrogens with zero attached hydrogens (tertiary/aromatic N) is 1. The van der Waals surface area contributed by atoms with Crippen molar-refractivity contribution < 1.29 is 14.7 Å². The summed E-state index contributed by atoms with van der Waals surface area (Å²) in [6.07, 6.45) is 1.69. The summed E-state index contributed by atoms with van der Waals surface area (Å²) in [4.78, 5) is 25.6. The van der Waals surface area contributed by atoms with Gasteiger partial charge in [-0.05, 0) is 28.0 Å². The molecule has 3 rings (SSSR count). The highest BCUT2D eigenvalue weighted by molar-refractivity contribution is 7.80. The number of carbonyl (C=O) groups is 2. The highest BCUT2D eigenvalue weighted by Crippen LogP contribution is 2.31. The number of fused-ring (bicyclic) bond motifs is 1. The fraction of sp³-hybridized carbons (Fsp3) is 0.263. The third-order valence-corrected chi connectivity index (χ3v) is 4.95. The summed E-state index contributed by atoms with van der Waals surface area (Å²) in [6.45, 7) is 2.08. The quantitative estimate of drug-likeness (QED) is 0.840. The standard InChI is InChI=1S/C19H19NO3S/c1-12(11-24)18(21)20-10-14(9-17(20)19(22)23)16-8-4-6-13-5-2-3-7-15(13)16/h2-9,12,17,24H,10-11H2,1H3,(H,22,23). The molecule has 2 aromatic carbocycles. The third kappa shape index (κ3) is 2.91. The van der Waals surface area contributed by atoms with Gasteiger partial charge in [0.05, 0.1) is 0 Å². The molecule has 5 heteroatoms. The first-order valence-electron chi connectivity index (χ1n) is 7.86. The van der Waals surface area contributed by atoms with Gasteiger partial charge in [-0.2, -0.15) is 12.6 Å². The van der Waals surface area contributed by atoms with Crippen LogP contribution in [0.3, 0.4) is 0 Å². The molecule has 2 aromatic rings. The van der Waals surface area contributed by atoms with Gasteiger partial charge in [-0.15, -0.1) is 0 Å². The van der Waals surface area contributed by atoms with E-state index in [2.05, 4.69) is 12.6 Å². The maximum atomic E-state index is 12.5. The van der Waals surface area contributed by atoms with E-state index in [9.17, 15) is 14.7 Å². The second-order valence-electron chi connectivity index (χ2n) is 6.05. The minimum atomic E-state index is -1.01. The van der Waals surface area contributed by atoms with Crippen molar-refractivity contribution >= 4 is 40.9 Å². The zero-order chi connectivity index (χ0) is 17.3. The van der Waals surface area contributed by atoms with Gasteiger partial charge < -0.3 is 10.0 Å². The second-order valence-corrected chi connectivity index (χ2v) is 6.42. The van der Waals surface area contributed by atoms with Crippen LogP contribution < -0.4 is 0 Å². The molecule has 24 heavy (non-hydrogen) atoms. The molecule has 0 bridgehead atoms. The summed E-state index contributed by atoms with van der Waals surface area (Å²) in [7, 11) is 0. The van der Waals surface area contributed by atoms with Crippen LogP contribution >= 0.6 is 12.6 Å². The van der Waals surface area contributed by atoms with Gasteiger partial charge in [0, 0.05) is 18.2 Å². The van der Waals surface area contributed by atoms with Gasteiger partial charge in [0.1, 0.15) is 6.04 Å². The SMILES string of the molecule is CC(CS)C(=O)N1CC(c2cccc3ccccc23)=CC1C(=O)O. The monoisotopic (exact) mass is 341 g/mol. The number of thiol groups is 1. The number of rotatable bonds is 4. The molecule has 0 aromatic heterocycles. The first kappa shape index (κ1) is 16.6. The van der Waals surface area contributed by atoms with Crippen LogP contribution in [0.2, 0.25) is 0 Å². The molecule has 1 amide bonds. The topological polar surface area (TPSA) is 57.6 Å². The van der Waals surface area contributed by atoms with Crippen molar-refractivity contribution in [1.29, 1.82) is 0 Å². The van der Waals surface area contributed by atoms with Crippen LogP contribution in [0.5, 0.6) is 0 Å². The number of amides is 1. The summed E-state index contributed by atoms with van der Waals surface area (Å²) >= 11 is 4.16. The molecular weight excluding hydrogens is 322 g/mol. The predicted molar refractivity (Wildman–Crippen MR) is 98.1 cm³/mol. The summed E-state index contributed by atoms with van der Waals surface area (Å²) < 4.78 is 0. The molecule has 1 heterocycles. The average molecular weight is 341 g/mol. The largest absolute Gasteiger partial charge is 0.479 e. The van der Waals surface area contributed by atoms with Gasteiger partial charge >= 0.3 is 5.97 Å². The fourth-order valence-electron chi connectivity index (χ4n) is 3.08. The number of carboxylic acid groups (broad SMARTS) is 1.